The van der Waals surface area contributed by atoms with E-state index in [0.29, 0.717) is 17.9 Å². The molecule has 6 nitrogen and oxygen atoms in total. The van der Waals surface area contributed by atoms with Crippen LogP contribution in [0, 0.1) is 5.92 Å². The first kappa shape index (κ1) is 18.5. The normalized spacial score (nSPS) is 11.7. The minimum atomic E-state index is -1.06. The molecule has 0 spiro atoms. The molecule has 1 amide bonds. The average Bonchev–Trinajstić information content (AvgIpc) is 2.51. The van der Waals surface area contributed by atoms with Gasteiger partial charge in [0.25, 0.3) is 5.91 Å². The van der Waals surface area contributed by atoms with Gasteiger partial charge >= 0.3 is 5.97 Å². The first-order valence-electron chi connectivity index (χ1n) is 7.34. The Morgan fingerprint density at radius 2 is 2.09 bits per heavy atom. The van der Waals surface area contributed by atoms with Crippen molar-refractivity contribution in [1.29, 1.82) is 0 Å². The van der Waals surface area contributed by atoms with Crippen molar-refractivity contribution in [3.63, 3.8) is 0 Å². The van der Waals surface area contributed by atoms with Crippen molar-refractivity contribution in [3.8, 4) is 11.5 Å². The molecule has 0 aliphatic carbocycles. The van der Waals surface area contributed by atoms with Crippen LogP contribution in [0.25, 0.3) is 0 Å². The van der Waals surface area contributed by atoms with E-state index in [0.717, 1.165) is 0 Å². The van der Waals surface area contributed by atoms with Crippen molar-refractivity contribution in [2.75, 3.05) is 13.7 Å². The summed E-state index contributed by atoms with van der Waals surface area (Å²) in [6.07, 6.45) is 1.90. The highest BCUT2D eigenvalue weighted by Gasteiger charge is 2.23. The molecule has 2 N–H and O–H groups in total. The Bertz CT molecular complexity index is 568. The molecule has 6 heteroatoms. The Morgan fingerprint density at radius 3 is 2.61 bits per heavy atom. The van der Waals surface area contributed by atoms with Gasteiger partial charge in [0.2, 0.25) is 0 Å². The Labute approximate surface area is 136 Å². The second-order valence-corrected chi connectivity index (χ2v) is 5.46. The highest BCUT2D eigenvalue weighted by atomic mass is 16.5. The Morgan fingerprint density at radius 1 is 1.39 bits per heavy atom. The lowest BCUT2D eigenvalue weighted by Crippen LogP contribution is -2.41. The molecule has 0 aromatic heterocycles. The lowest BCUT2D eigenvalue weighted by Gasteiger charge is -2.18. The van der Waals surface area contributed by atoms with Crippen LogP contribution in [0.4, 0.5) is 0 Å². The van der Waals surface area contributed by atoms with Crippen LogP contribution in [0.2, 0.25) is 0 Å². The van der Waals surface area contributed by atoms with Gasteiger partial charge in [-0.25, -0.2) is 4.79 Å². The van der Waals surface area contributed by atoms with E-state index < -0.39 is 17.9 Å². The Hall–Kier alpha value is -2.50. The topological polar surface area (TPSA) is 84.9 Å². The van der Waals surface area contributed by atoms with Crippen LogP contribution in [0.15, 0.2) is 30.9 Å². The summed E-state index contributed by atoms with van der Waals surface area (Å²) in [6, 6.07) is 3.79. The van der Waals surface area contributed by atoms with E-state index in [1.807, 2.05) is 13.8 Å². The number of benzene rings is 1. The van der Waals surface area contributed by atoms with Crippen LogP contribution >= 0.6 is 0 Å². The van der Waals surface area contributed by atoms with Gasteiger partial charge in [0.05, 0.1) is 12.7 Å². The number of carboxylic acid groups (broad SMARTS) is 1. The van der Waals surface area contributed by atoms with Crippen LogP contribution in [-0.2, 0) is 4.79 Å². The van der Waals surface area contributed by atoms with Crippen LogP contribution in [0.5, 0.6) is 11.5 Å². The molecular formula is C17H23NO5. The molecular weight excluding hydrogens is 298 g/mol. The molecule has 0 radical (unpaired) electrons. The molecule has 0 aliphatic rings. The van der Waals surface area contributed by atoms with Gasteiger partial charge in [-0.15, -0.1) is 0 Å². The van der Waals surface area contributed by atoms with E-state index in [9.17, 15) is 14.7 Å². The van der Waals surface area contributed by atoms with Crippen LogP contribution in [-0.4, -0.2) is 36.7 Å². The minimum Gasteiger partial charge on any atom is -0.497 e. The van der Waals surface area contributed by atoms with Gasteiger partial charge in [-0.1, -0.05) is 26.5 Å². The second kappa shape index (κ2) is 8.82. The maximum atomic E-state index is 12.4. The average molecular weight is 321 g/mol. The highest BCUT2D eigenvalue weighted by molar-refractivity contribution is 5.99. The number of carbonyl (C=O) groups excluding carboxylic acids is 1. The van der Waals surface area contributed by atoms with Crippen molar-refractivity contribution in [3.05, 3.63) is 36.4 Å². The molecule has 0 saturated heterocycles. The number of hydrogen-bond donors (Lipinski definition) is 2. The van der Waals surface area contributed by atoms with Crippen LogP contribution in [0.3, 0.4) is 0 Å². The summed E-state index contributed by atoms with van der Waals surface area (Å²) in [7, 11) is 1.51. The van der Waals surface area contributed by atoms with E-state index >= 15 is 0 Å². The Balaban J connectivity index is 3.00. The number of rotatable bonds is 9. The predicted molar refractivity (Wildman–Crippen MR) is 87.0 cm³/mol. The van der Waals surface area contributed by atoms with Crippen molar-refractivity contribution >= 4 is 11.9 Å². The maximum Gasteiger partial charge on any atom is 0.326 e. The molecule has 0 fully saturated rings. The summed E-state index contributed by atoms with van der Waals surface area (Å²) in [5.74, 6) is -0.564. The molecule has 0 heterocycles. The Kier molecular flexibility index (Phi) is 7.12. The van der Waals surface area contributed by atoms with Crippen LogP contribution in [0.1, 0.15) is 30.6 Å². The lowest BCUT2D eigenvalue weighted by atomic mass is 10.0. The smallest absolute Gasteiger partial charge is 0.326 e. The van der Waals surface area contributed by atoms with Gasteiger partial charge in [0.15, 0.2) is 0 Å². The first-order valence-corrected chi connectivity index (χ1v) is 7.34. The third-order valence-electron chi connectivity index (χ3n) is 3.10. The molecule has 0 aliphatic heterocycles. The van der Waals surface area contributed by atoms with E-state index in [-0.39, 0.29) is 18.1 Å². The second-order valence-electron chi connectivity index (χ2n) is 5.46. The third-order valence-corrected chi connectivity index (χ3v) is 3.10. The van der Waals surface area contributed by atoms with Crippen molar-refractivity contribution < 1.29 is 24.2 Å². The zero-order valence-corrected chi connectivity index (χ0v) is 13.7. The van der Waals surface area contributed by atoms with Gasteiger partial charge in [-0.3, -0.25) is 4.79 Å². The number of aliphatic carboxylic acids is 1. The molecule has 1 aromatic rings. The lowest BCUT2D eigenvalue weighted by molar-refractivity contribution is -0.139. The fraction of sp³-hybridized carbons (Fsp3) is 0.412. The van der Waals surface area contributed by atoms with Crippen molar-refractivity contribution in [1.82, 2.24) is 5.32 Å². The molecule has 126 valence electrons. The number of methoxy groups -OCH3 is 1. The van der Waals surface area contributed by atoms with Gasteiger partial charge in [0.1, 0.15) is 24.1 Å². The molecule has 0 saturated carbocycles. The number of ether oxygens (including phenoxy) is 2. The van der Waals surface area contributed by atoms with Crippen molar-refractivity contribution in [2.45, 2.75) is 26.3 Å². The van der Waals surface area contributed by atoms with E-state index in [1.165, 1.54) is 7.11 Å². The number of carbonyl (C=O) groups is 2. The summed E-state index contributed by atoms with van der Waals surface area (Å²) in [6.45, 7) is 7.58. The fourth-order valence-electron chi connectivity index (χ4n) is 2.01. The SMILES string of the molecule is C=CCOc1cc(OC)ccc1C(=O)N[C@H](CC(C)C)C(=O)O. The summed E-state index contributed by atoms with van der Waals surface area (Å²) in [5.41, 5.74) is 0.252. The molecule has 1 rings (SSSR count). The molecule has 1 atom stereocenters. The summed E-state index contributed by atoms with van der Waals surface area (Å²) < 4.78 is 10.6. The largest absolute Gasteiger partial charge is 0.497 e. The number of nitrogens with one attached hydrogen (secondary N) is 1. The minimum absolute atomic E-state index is 0.142. The van der Waals surface area contributed by atoms with Gasteiger partial charge in [0, 0.05) is 6.07 Å². The molecule has 0 unspecified atom stereocenters. The number of amides is 1. The first-order chi connectivity index (χ1) is 10.9. The number of hydrogen-bond acceptors (Lipinski definition) is 4. The van der Waals surface area contributed by atoms with Crippen molar-refractivity contribution in [2.24, 2.45) is 5.92 Å². The zero-order valence-electron chi connectivity index (χ0n) is 13.7. The van der Waals surface area contributed by atoms with E-state index in [1.54, 1.807) is 24.3 Å². The monoisotopic (exact) mass is 321 g/mol. The fourth-order valence-corrected chi connectivity index (χ4v) is 2.01. The van der Waals surface area contributed by atoms with Gasteiger partial charge < -0.3 is 19.9 Å². The van der Waals surface area contributed by atoms with Gasteiger partial charge in [-0.2, -0.15) is 0 Å². The standard InChI is InChI=1S/C17H23NO5/c1-5-8-23-15-10-12(22-4)6-7-13(15)16(19)18-14(17(20)21)9-11(2)3/h5-7,10-11,14H,1,8-9H2,2-4H3,(H,18,19)(H,20,21)/t14-/m1/s1. The predicted octanol–water partition coefficient (Wildman–Crippen LogP) is 2.49. The summed E-state index contributed by atoms with van der Waals surface area (Å²) in [5, 5.41) is 11.8. The highest BCUT2D eigenvalue weighted by Crippen LogP contribution is 2.25. The zero-order chi connectivity index (χ0) is 17.4. The van der Waals surface area contributed by atoms with E-state index in [2.05, 4.69) is 11.9 Å². The van der Waals surface area contributed by atoms with Gasteiger partial charge in [-0.05, 0) is 24.5 Å². The summed E-state index contributed by atoms with van der Waals surface area (Å²) >= 11 is 0. The molecule has 23 heavy (non-hydrogen) atoms. The quantitative estimate of drug-likeness (QED) is 0.683. The van der Waals surface area contributed by atoms with Crippen LogP contribution < -0.4 is 14.8 Å². The number of carboxylic acids is 1. The molecule has 1 aromatic carbocycles. The third kappa shape index (κ3) is 5.65. The van der Waals surface area contributed by atoms with E-state index in [4.69, 9.17) is 9.47 Å². The molecule has 0 bridgehead atoms. The maximum absolute atomic E-state index is 12.4. The summed E-state index contributed by atoms with van der Waals surface area (Å²) in [4.78, 5) is 23.7.